The van der Waals surface area contributed by atoms with Gasteiger partial charge >= 0.3 is 0 Å². The molecular formula is C18H21N3O2S. The van der Waals surface area contributed by atoms with Crippen LogP contribution < -0.4 is 11.1 Å². The molecule has 0 heterocycles. The third-order valence-electron chi connectivity index (χ3n) is 3.31. The van der Waals surface area contributed by atoms with Crippen molar-refractivity contribution in [3.8, 4) is 0 Å². The molecule has 0 aliphatic rings. The van der Waals surface area contributed by atoms with Gasteiger partial charge in [0.2, 0.25) is 0 Å². The van der Waals surface area contributed by atoms with Gasteiger partial charge < -0.3 is 11.1 Å². The van der Waals surface area contributed by atoms with Crippen LogP contribution in [0.1, 0.15) is 11.1 Å². The number of allylic oxidation sites excluding steroid dienone is 1. The average Bonchev–Trinajstić information content (AvgIpc) is 2.55. The quantitative estimate of drug-likeness (QED) is 0.788. The molecule has 0 bridgehead atoms. The predicted molar refractivity (Wildman–Crippen MR) is 97.5 cm³/mol. The predicted octanol–water partition coefficient (Wildman–Crippen LogP) is 2.24. The third kappa shape index (κ3) is 4.78. The summed E-state index contributed by atoms with van der Waals surface area (Å²) in [6.07, 6.45) is 1.58. The normalized spacial score (nSPS) is 13.1. The van der Waals surface area contributed by atoms with Gasteiger partial charge in [-0.05, 0) is 32.2 Å². The smallest absolute Gasteiger partial charge is 0.282 e. The fourth-order valence-corrected chi connectivity index (χ4v) is 3.10. The van der Waals surface area contributed by atoms with Crippen molar-refractivity contribution in [2.45, 2.75) is 11.8 Å². The zero-order valence-electron chi connectivity index (χ0n) is 13.7. The van der Waals surface area contributed by atoms with Crippen molar-refractivity contribution in [1.82, 2.24) is 5.32 Å². The first-order valence-electron chi connectivity index (χ1n) is 7.50. The van der Waals surface area contributed by atoms with E-state index < -0.39 is 10.0 Å². The molecule has 0 spiro atoms. The van der Waals surface area contributed by atoms with E-state index in [1.807, 2.05) is 25.1 Å². The Balaban J connectivity index is 2.51. The van der Waals surface area contributed by atoms with E-state index in [2.05, 4.69) is 9.71 Å². The van der Waals surface area contributed by atoms with Crippen LogP contribution in [-0.2, 0) is 10.0 Å². The summed E-state index contributed by atoms with van der Waals surface area (Å²) in [4.78, 5) is 0.155. The van der Waals surface area contributed by atoms with Gasteiger partial charge in [0.25, 0.3) is 10.0 Å². The molecule has 0 saturated carbocycles. The molecule has 5 nitrogen and oxygen atoms in total. The summed E-state index contributed by atoms with van der Waals surface area (Å²) in [6.45, 7) is 2.34. The van der Waals surface area contributed by atoms with E-state index in [0.717, 1.165) is 5.56 Å². The second-order valence-corrected chi connectivity index (χ2v) is 6.98. The molecule has 0 amide bonds. The van der Waals surface area contributed by atoms with Gasteiger partial charge in [-0.15, -0.1) is 0 Å². The highest BCUT2D eigenvalue weighted by atomic mass is 32.2. The minimum absolute atomic E-state index is 0.155. The lowest BCUT2D eigenvalue weighted by atomic mass is 10.1. The molecule has 0 aliphatic carbocycles. The number of nitrogens with zero attached hydrogens (tertiary/aromatic N) is 1. The second kappa shape index (κ2) is 7.90. The van der Waals surface area contributed by atoms with Crippen molar-refractivity contribution in [3.63, 3.8) is 0 Å². The number of benzene rings is 2. The van der Waals surface area contributed by atoms with Gasteiger partial charge in [-0.3, -0.25) is 0 Å². The highest BCUT2D eigenvalue weighted by Crippen LogP contribution is 2.15. The average molecular weight is 343 g/mol. The van der Waals surface area contributed by atoms with E-state index in [1.165, 1.54) is 0 Å². The number of aryl methyl sites for hydroxylation is 1. The molecule has 24 heavy (non-hydrogen) atoms. The largest absolute Gasteiger partial charge is 0.401 e. The summed E-state index contributed by atoms with van der Waals surface area (Å²) in [5.74, 6) is 0. The van der Waals surface area contributed by atoms with Crippen molar-refractivity contribution < 1.29 is 8.42 Å². The minimum Gasteiger partial charge on any atom is -0.401 e. The lowest BCUT2D eigenvalue weighted by Crippen LogP contribution is -2.18. The second-order valence-electron chi connectivity index (χ2n) is 5.38. The zero-order chi connectivity index (χ0) is 17.6. The lowest BCUT2D eigenvalue weighted by molar-refractivity contribution is 0.598. The fraction of sp³-hybridized carbons (Fsp3) is 0.167. The Morgan fingerprint density at radius 2 is 1.75 bits per heavy atom. The van der Waals surface area contributed by atoms with E-state index >= 15 is 0 Å². The van der Waals surface area contributed by atoms with Gasteiger partial charge in [0.05, 0.1) is 10.6 Å². The molecule has 2 aromatic carbocycles. The number of nitrogens with one attached hydrogen (secondary N) is 1. The van der Waals surface area contributed by atoms with Crippen LogP contribution in [-0.4, -0.2) is 27.7 Å². The Morgan fingerprint density at radius 1 is 1.12 bits per heavy atom. The Morgan fingerprint density at radius 3 is 2.33 bits per heavy atom. The summed E-state index contributed by atoms with van der Waals surface area (Å²) in [5, 5.41) is 2.93. The molecule has 0 atom stereocenters. The van der Waals surface area contributed by atoms with Crippen molar-refractivity contribution in [2.75, 3.05) is 13.6 Å². The molecule has 0 aromatic heterocycles. The molecule has 0 radical (unpaired) electrons. The van der Waals surface area contributed by atoms with Crippen LogP contribution in [0.5, 0.6) is 0 Å². The number of sulfonamides is 1. The molecular weight excluding hydrogens is 322 g/mol. The Hall–Kier alpha value is -2.44. The van der Waals surface area contributed by atoms with Gasteiger partial charge in [-0.25, -0.2) is 0 Å². The van der Waals surface area contributed by atoms with E-state index in [9.17, 15) is 8.42 Å². The van der Waals surface area contributed by atoms with E-state index in [0.29, 0.717) is 23.5 Å². The van der Waals surface area contributed by atoms with Crippen LogP contribution in [0.2, 0.25) is 0 Å². The topological polar surface area (TPSA) is 84.5 Å². The van der Waals surface area contributed by atoms with Gasteiger partial charge in [0, 0.05) is 17.8 Å². The SMILES string of the molecule is CNCC(N)=CC(=NS(=O)(=O)c1ccc(C)cc1)c1ccccc1. The van der Waals surface area contributed by atoms with Crippen molar-refractivity contribution in [1.29, 1.82) is 0 Å². The van der Waals surface area contributed by atoms with Crippen LogP contribution in [0.25, 0.3) is 0 Å². The van der Waals surface area contributed by atoms with Gasteiger partial charge in [-0.2, -0.15) is 12.8 Å². The lowest BCUT2D eigenvalue weighted by Gasteiger charge is -2.06. The summed E-state index contributed by atoms with van der Waals surface area (Å²) in [7, 11) is -2.05. The minimum atomic E-state index is -3.82. The Kier molecular flexibility index (Phi) is 5.89. The Bertz CT molecular complexity index is 840. The number of nitrogens with two attached hydrogens (primary N) is 1. The monoisotopic (exact) mass is 343 g/mol. The maximum atomic E-state index is 12.6. The number of rotatable bonds is 6. The van der Waals surface area contributed by atoms with E-state index in [4.69, 9.17) is 5.73 Å². The maximum Gasteiger partial charge on any atom is 0.282 e. The molecule has 0 fully saturated rings. The van der Waals surface area contributed by atoms with Crippen LogP contribution >= 0.6 is 0 Å². The summed E-state index contributed by atoms with van der Waals surface area (Å²) in [5.41, 5.74) is 8.40. The zero-order valence-corrected chi connectivity index (χ0v) is 14.5. The van der Waals surface area contributed by atoms with E-state index in [1.54, 1.807) is 49.5 Å². The number of hydrogen-bond acceptors (Lipinski definition) is 4. The van der Waals surface area contributed by atoms with Crippen LogP contribution in [0.4, 0.5) is 0 Å². The highest BCUT2D eigenvalue weighted by molar-refractivity contribution is 7.90. The number of likely N-dealkylation sites (N-methyl/N-ethyl adjacent to an activating group) is 1. The summed E-state index contributed by atoms with van der Waals surface area (Å²) < 4.78 is 29.2. The van der Waals surface area contributed by atoms with Crippen LogP contribution in [0.3, 0.4) is 0 Å². The van der Waals surface area contributed by atoms with Crippen molar-refractivity contribution in [3.05, 3.63) is 77.5 Å². The van der Waals surface area contributed by atoms with Gasteiger partial charge in [-0.1, -0.05) is 48.0 Å². The fourth-order valence-electron chi connectivity index (χ4n) is 2.09. The van der Waals surface area contributed by atoms with Crippen LogP contribution in [0.15, 0.2) is 75.7 Å². The highest BCUT2D eigenvalue weighted by Gasteiger charge is 2.14. The molecule has 0 aliphatic heterocycles. The molecule has 0 unspecified atom stereocenters. The first kappa shape index (κ1) is 17.9. The van der Waals surface area contributed by atoms with Crippen molar-refractivity contribution in [2.24, 2.45) is 10.1 Å². The molecule has 2 aromatic rings. The summed E-state index contributed by atoms with van der Waals surface area (Å²) >= 11 is 0. The van der Waals surface area contributed by atoms with Crippen LogP contribution in [0, 0.1) is 6.92 Å². The standard InChI is InChI=1S/C18H21N3O2S/c1-14-8-10-17(11-9-14)24(22,23)21-18(12-16(19)13-20-2)15-6-4-3-5-7-15/h3-12,20H,13,19H2,1-2H3. The van der Waals surface area contributed by atoms with E-state index in [-0.39, 0.29) is 4.90 Å². The third-order valence-corrected chi connectivity index (χ3v) is 4.61. The molecule has 3 N–H and O–H groups in total. The van der Waals surface area contributed by atoms with Gasteiger partial charge in [0.1, 0.15) is 0 Å². The first-order valence-corrected chi connectivity index (χ1v) is 8.94. The van der Waals surface area contributed by atoms with Gasteiger partial charge in [0.15, 0.2) is 0 Å². The Labute approximate surface area is 143 Å². The first-order chi connectivity index (χ1) is 11.4. The molecule has 126 valence electrons. The molecule has 2 rings (SSSR count). The maximum absolute atomic E-state index is 12.6. The number of hydrogen-bond donors (Lipinski definition) is 2. The molecule has 0 saturated heterocycles. The summed E-state index contributed by atoms with van der Waals surface area (Å²) in [6, 6.07) is 15.7. The van der Waals surface area contributed by atoms with Crippen molar-refractivity contribution >= 4 is 15.7 Å². The molecule has 6 heteroatoms.